The van der Waals surface area contributed by atoms with Crippen molar-refractivity contribution in [2.45, 2.75) is 6.18 Å². The normalized spacial score (nSPS) is 15.0. The van der Waals surface area contributed by atoms with Gasteiger partial charge in [-0.2, -0.15) is 13.2 Å². The van der Waals surface area contributed by atoms with Crippen LogP contribution in [0.3, 0.4) is 0 Å². The molecule has 1 N–H and O–H groups in total. The SMILES string of the molecule is C=C(Nc1cc(Cl)cc(Cl)c1)N1CCN(c2ncccc2C(F)(F)F)CC1. The Morgan fingerprint density at radius 1 is 1.07 bits per heavy atom. The van der Waals surface area contributed by atoms with Gasteiger partial charge in [-0.1, -0.05) is 29.8 Å². The molecule has 0 saturated carbocycles. The van der Waals surface area contributed by atoms with Crippen LogP contribution in [0.25, 0.3) is 0 Å². The molecule has 1 aliphatic rings. The van der Waals surface area contributed by atoms with E-state index >= 15 is 0 Å². The second-order valence-electron chi connectivity index (χ2n) is 6.08. The Kier molecular flexibility index (Phi) is 5.72. The summed E-state index contributed by atoms with van der Waals surface area (Å²) in [4.78, 5) is 7.55. The number of nitrogens with one attached hydrogen (secondary N) is 1. The van der Waals surface area contributed by atoms with Gasteiger partial charge in [-0.05, 0) is 30.3 Å². The van der Waals surface area contributed by atoms with Crippen LogP contribution in [0.5, 0.6) is 0 Å². The van der Waals surface area contributed by atoms with Crippen LogP contribution in [0.4, 0.5) is 24.7 Å². The van der Waals surface area contributed by atoms with E-state index in [1.54, 1.807) is 23.1 Å². The molecule has 0 aliphatic carbocycles. The van der Waals surface area contributed by atoms with Crippen molar-refractivity contribution in [3.63, 3.8) is 0 Å². The van der Waals surface area contributed by atoms with E-state index in [9.17, 15) is 13.2 Å². The van der Waals surface area contributed by atoms with Gasteiger partial charge in [-0.3, -0.25) is 0 Å². The van der Waals surface area contributed by atoms with Crippen molar-refractivity contribution in [1.29, 1.82) is 0 Å². The summed E-state index contributed by atoms with van der Waals surface area (Å²) in [6.07, 6.45) is -3.06. The summed E-state index contributed by atoms with van der Waals surface area (Å²) < 4.78 is 39.6. The molecule has 1 fully saturated rings. The number of nitrogens with zero attached hydrogens (tertiary/aromatic N) is 3. The number of aromatic nitrogens is 1. The van der Waals surface area contributed by atoms with Crippen molar-refractivity contribution in [2.24, 2.45) is 0 Å². The molecular formula is C18H17Cl2F3N4. The Hall–Kier alpha value is -2.12. The predicted molar refractivity (Wildman–Crippen MR) is 102 cm³/mol. The third kappa shape index (κ3) is 4.78. The third-order valence-electron chi connectivity index (χ3n) is 4.20. The first-order valence-corrected chi connectivity index (χ1v) is 8.94. The Morgan fingerprint density at radius 3 is 2.30 bits per heavy atom. The fourth-order valence-electron chi connectivity index (χ4n) is 2.93. The average Bonchev–Trinajstić information content (AvgIpc) is 2.60. The zero-order chi connectivity index (χ0) is 19.6. The maximum atomic E-state index is 13.2. The standard InChI is InChI=1S/C18H17Cl2F3N4/c1-12(25-15-10-13(19)9-14(20)11-15)26-5-7-27(8-6-26)17-16(18(21,22)23)3-2-4-24-17/h2-4,9-11,25H,1,5-8H2. The molecule has 1 saturated heterocycles. The number of pyridine rings is 1. The minimum atomic E-state index is -4.43. The van der Waals surface area contributed by atoms with Crippen LogP contribution in [0.15, 0.2) is 48.9 Å². The quantitative estimate of drug-likeness (QED) is 0.749. The summed E-state index contributed by atoms with van der Waals surface area (Å²) in [6.45, 7) is 5.82. The number of rotatable bonds is 4. The van der Waals surface area contributed by atoms with Crippen molar-refractivity contribution in [1.82, 2.24) is 9.88 Å². The minimum Gasteiger partial charge on any atom is -0.355 e. The van der Waals surface area contributed by atoms with Gasteiger partial charge in [-0.15, -0.1) is 0 Å². The van der Waals surface area contributed by atoms with E-state index in [1.165, 1.54) is 12.3 Å². The van der Waals surface area contributed by atoms with Crippen LogP contribution in [-0.4, -0.2) is 36.1 Å². The fraction of sp³-hybridized carbons (Fsp3) is 0.278. The highest BCUT2D eigenvalue weighted by Crippen LogP contribution is 2.35. The highest BCUT2D eigenvalue weighted by molar-refractivity contribution is 6.35. The molecule has 2 heterocycles. The number of benzene rings is 1. The maximum absolute atomic E-state index is 13.2. The van der Waals surface area contributed by atoms with Crippen molar-refractivity contribution < 1.29 is 13.2 Å². The summed E-state index contributed by atoms with van der Waals surface area (Å²) in [5.74, 6) is 0.592. The van der Waals surface area contributed by atoms with Gasteiger partial charge >= 0.3 is 6.18 Å². The van der Waals surface area contributed by atoms with Crippen LogP contribution in [0, 0.1) is 0 Å². The molecule has 4 nitrogen and oxygen atoms in total. The summed E-state index contributed by atoms with van der Waals surface area (Å²) >= 11 is 12.0. The van der Waals surface area contributed by atoms with Gasteiger partial charge in [0.15, 0.2) is 0 Å². The zero-order valence-corrected chi connectivity index (χ0v) is 15.7. The Labute approximate surface area is 165 Å². The summed E-state index contributed by atoms with van der Waals surface area (Å²) in [5.41, 5.74) is -0.0204. The largest absolute Gasteiger partial charge is 0.419 e. The Morgan fingerprint density at radius 2 is 1.70 bits per heavy atom. The molecular weight excluding hydrogens is 400 g/mol. The molecule has 0 atom stereocenters. The van der Waals surface area contributed by atoms with Crippen molar-refractivity contribution in [3.05, 3.63) is 64.5 Å². The number of alkyl halides is 3. The molecule has 0 bridgehead atoms. The van der Waals surface area contributed by atoms with Gasteiger partial charge in [0.2, 0.25) is 0 Å². The van der Waals surface area contributed by atoms with Crippen LogP contribution >= 0.6 is 23.2 Å². The van der Waals surface area contributed by atoms with Gasteiger partial charge in [0, 0.05) is 48.1 Å². The second kappa shape index (κ2) is 7.86. The van der Waals surface area contributed by atoms with Gasteiger partial charge in [0.05, 0.1) is 11.4 Å². The third-order valence-corrected chi connectivity index (χ3v) is 4.64. The topological polar surface area (TPSA) is 31.4 Å². The van der Waals surface area contributed by atoms with E-state index in [0.29, 0.717) is 47.7 Å². The first-order chi connectivity index (χ1) is 12.7. The lowest BCUT2D eigenvalue weighted by molar-refractivity contribution is -0.137. The molecule has 1 aromatic heterocycles. The van der Waals surface area contributed by atoms with Crippen LogP contribution < -0.4 is 10.2 Å². The number of halogens is 5. The lowest BCUT2D eigenvalue weighted by Crippen LogP contribution is -2.47. The predicted octanol–water partition coefficient (Wildman–Crippen LogP) is 5.11. The van der Waals surface area contributed by atoms with Gasteiger partial charge < -0.3 is 15.1 Å². The number of hydrogen-bond acceptors (Lipinski definition) is 4. The van der Waals surface area contributed by atoms with E-state index in [2.05, 4.69) is 16.9 Å². The van der Waals surface area contributed by atoms with Crippen molar-refractivity contribution >= 4 is 34.7 Å². The highest BCUT2D eigenvalue weighted by atomic mass is 35.5. The highest BCUT2D eigenvalue weighted by Gasteiger charge is 2.36. The van der Waals surface area contributed by atoms with Gasteiger partial charge in [0.25, 0.3) is 0 Å². The first kappa shape index (κ1) is 19.6. The Balaban J connectivity index is 1.65. The average molecular weight is 417 g/mol. The molecule has 27 heavy (non-hydrogen) atoms. The van der Waals surface area contributed by atoms with Gasteiger partial charge in [-0.25, -0.2) is 4.98 Å². The summed E-state index contributed by atoms with van der Waals surface area (Å²) in [6, 6.07) is 7.42. The second-order valence-corrected chi connectivity index (χ2v) is 6.95. The fourth-order valence-corrected chi connectivity index (χ4v) is 3.46. The zero-order valence-electron chi connectivity index (χ0n) is 14.2. The van der Waals surface area contributed by atoms with Gasteiger partial charge in [0.1, 0.15) is 5.82 Å². The number of hydrogen-bond donors (Lipinski definition) is 1. The monoisotopic (exact) mass is 416 g/mol. The number of anilines is 2. The molecule has 2 aromatic rings. The van der Waals surface area contributed by atoms with Crippen LogP contribution in [0.1, 0.15) is 5.56 Å². The lowest BCUT2D eigenvalue weighted by Gasteiger charge is -2.38. The smallest absolute Gasteiger partial charge is 0.355 e. The molecule has 1 aromatic carbocycles. The first-order valence-electron chi connectivity index (χ1n) is 8.18. The summed E-state index contributed by atoms with van der Waals surface area (Å²) in [7, 11) is 0. The molecule has 9 heteroatoms. The lowest BCUT2D eigenvalue weighted by atomic mass is 10.2. The molecule has 0 spiro atoms. The van der Waals surface area contributed by atoms with Crippen molar-refractivity contribution in [3.8, 4) is 0 Å². The Bertz CT molecular complexity index is 813. The molecule has 3 rings (SSSR count). The molecule has 0 unspecified atom stereocenters. The van der Waals surface area contributed by atoms with Crippen LogP contribution in [0.2, 0.25) is 10.0 Å². The van der Waals surface area contributed by atoms with E-state index in [1.807, 2.05) is 4.90 Å². The van der Waals surface area contributed by atoms with Crippen LogP contribution in [-0.2, 0) is 6.18 Å². The number of piperazine rings is 1. The molecule has 1 aliphatic heterocycles. The van der Waals surface area contributed by atoms with E-state index in [-0.39, 0.29) is 5.82 Å². The van der Waals surface area contributed by atoms with E-state index in [4.69, 9.17) is 23.2 Å². The summed E-state index contributed by atoms with van der Waals surface area (Å²) in [5, 5.41) is 4.13. The molecule has 0 amide bonds. The molecule has 0 radical (unpaired) electrons. The van der Waals surface area contributed by atoms with E-state index in [0.717, 1.165) is 6.07 Å². The molecule has 144 valence electrons. The van der Waals surface area contributed by atoms with Crippen molar-refractivity contribution in [2.75, 3.05) is 36.4 Å². The minimum absolute atomic E-state index is 0.0372. The maximum Gasteiger partial charge on any atom is 0.419 e. The van der Waals surface area contributed by atoms with E-state index < -0.39 is 11.7 Å².